The fourth-order valence-electron chi connectivity index (χ4n) is 3.49. The summed E-state index contributed by atoms with van der Waals surface area (Å²) in [6.07, 6.45) is -0.370. The van der Waals surface area contributed by atoms with Crippen LogP contribution in [-0.4, -0.2) is 72.3 Å². The van der Waals surface area contributed by atoms with Gasteiger partial charge in [0.1, 0.15) is 5.60 Å². The number of piperazine rings is 1. The fourth-order valence-corrected chi connectivity index (χ4v) is 3.49. The number of hydrogen-bond acceptors (Lipinski definition) is 5. The van der Waals surface area contributed by atoms with Gasteiger partial charge in [-0.3, -0.25) is 4.90 Å². The molecule has 3 rings (SSSR count). The van der Waals surface area contributed by atoms with E-state index < -0.39 is 11.6 Å². The zero-order valence-electron chi connectivity index (χ0n) is 16.8. The minimum Gasteiger partial charge on any atom is -0.462 e. The van der Waals surface area contributed by atoms with Crippen LogP contribution in [0.4, 0.5) is 15.3 Å². The molecule has 2 heterocycles. The highest BCUT2D eigenvalue weighted by molar-refractivity contribution is 6.03. The smallest absolute Gasteiger partial charge is 0.410 e. The van der Waals surface area contributed by atoms with Crippen molar-refractivity contribution >= 4 is 23.8 Å². The standard InChI is InChI=1S/C20H27N3O5/c1-5-27-17(24)15-8-6-7-9-16(15)23-13-14-12-21(10-11-22(14)18(23)25)19(26)28-20(2,3)4/h6-9,14H,5,10-13H2,1-4H3. The Bertz CT molecular complexity index is 773. The van der Waals surface area contributed by atoms with E-state index in [1.807, 2.05) is 20.8 Å². The topological polar surface area (TPSA) is 79.4 Å². The molecule has 2 aliphatic rings. The average Bonchev–Trinajstić information content (AvgIpc) is 2.96. The highest BCUT2D eigenvalue weighted by Gasteiger charge is 2.43. The third kappa shape index (κ3) is 4.05. The van der Waals surface area contributed by atoms with Crippen molar-refractivity contribution in [2.24, 2.45) is 0 Å². The molecular formula is C20H27N3O5. The van der Waals surface area contributed by atoms with Crippen LogP contribution in [-0.2, 0) is 9.47 Å². The number of esters is 1. The summed E-state index contributed by atoms with van der Waals surface area (Å²) in [6.45, 7) is 9.14. The SMILES string of the molecule is CCOC(=O)c1ccccc1N1CC2CN(C(=O)OC(C)(C)C)CCN2C1=O. The molecule has 0 N–H and O–H groups in total. The maximum Gasteiger partial charge on any atom is 0.410 e. The molecule has 0 radical (unpaired) electrons. The lowest BCUT2D eigenvalue weighted by Gasteiger charge is -2.36. The van der Waals surface area contributed by atoms with Crippen molar-refractivity contribution in [3.8, 4) is 0 Å². The van der Waals surface area contributed by atoms with Crippen LogP contribution in [0.3, 0.4) is 0 Å². The molecule has 28 heavy (non-hydrogen) atoms. The predicted molar refractivity (Wildman–Crippen MR) is 103 cm³/mol. The predicted octanol–water partition coefficient (Wildman–Crippen LogP) is 2.72. The summed E-state index contributed by atoms with van der Waals surface area (Å²) in [4.78, 5) is 42.6. The Morgan fingerprint density at radius 2 is 1.86 bits per heavy atom. The zero-order chi connectivity index (χ0) is 20.5. The van der Waals surface area contributed by atoms with Crippen molar-refractivity contribution in [1.82, 2.24) is 9.80 Å². The quantitative estimate of drug-likeness (QED) is 0.743. The van der Waals surface area contributed by atoms with Gasteiger partial charge < -0.3 is 19.3 Å². The van der Waals surface area contributed by atoms with Crippen LogP contribution in [0.25, 0.3) is 0 Å². The molecule has 1 aromatic carbocycles. The summed E-state index contributed by atoms with van der Waals surface area (Å²) < 4.78 is 10.6. The van der Waals surface area contributed by atoms with Gasteiger partial charge in [0.05, 0.1) is 23.9 Å². The van der Waals surface area contributed by atoms with E-state index in [2.05, 4.69) is 0 Å². The minimum atomic E-state index is -0.565. The third-order valence-electron chi connectivity index (χ3n) is 4.69. The average molecular weight is 389 g/mol. The molecule has 8 heteroatoms. The fraction of sp³-hybridized carbons (Fsp3) is 0.550. The van der Waals surface area contributed by atoms with Crippen molar-refractivity contribution in [2.75, 3.05) is 37.7 Å². The summed E-state index contributed by atoms with van der Waals surface area (Å²) in [7, 11) is 0. The molecule has 152 valence electrons. The molecule has 3 amide bonds. The summed E-state index contributed by atoms with van der Waals surface area (Å²) >= 11 is 0. The minimum absolute atomic E-state index is 0.149. The van der Waals surface area contributed by atoms with E-state index in [-0.39, 0.29) is 24.8 Å². The number of anilines is 1. The number of urea groups is 1. The van der Waals surface area contributed by atoms with Crippen molar-refractivity contribution in [3.63, 3.8) is 0 Å². The van der Waals surface area contributed by atoms with Crippen LogP contribution >= 0.6 is 0 Å². The first kappa shape index (κ1) is 20.0. The lowest BCUT2D eigenvalue weighted by molar-refractivity contribution is 0.0128. The third-order valence-corrected chi connectivity index (χ3v) is 4.69. The Morgan fingerprint density at radius 1 is 1.14 bits per heavy atom. The van der Waals surface area contributed by atoms with Gasteiger partial charge in [-0.25, -0.2) is 14.4 Å². The highest BCUT2D eigenvalue weighted by Crippen LogP contribution is 2.30. The monoisotopic (exact) mass is 389 g/mol. The molecule has 0 spiro atoms. The largest absolute Gasteiger partial charge is 0.462 e. The highest BCUT2D eigenvalue weighted by atomic mass is 16.6. The molecule has 2 aliphatic heterocycles. The molecule has 8 nitrogen and oxygen atoms in total. The molecular weight excluding hydrogens is 362 g/mol. The van der Waals surface area contributed by atoms with Crippen LogP contribution < -0.4 is 4.90 Å². The van der Waals surface area contributed by atoms with E-state index in [9.17, 15) is 14.4 Å². The van der Waals surface area contributed by atoms with Crippen LogP contribution in [0.15, 0.2) is 24.3 Å². The van der Waals surface area contributed by atoms with Gasteiger partial charge in [0.25, 0.3) is 0 Å². The first-order chi connectivity index (χ1) is 13.2. The van der Waals surface area contributed by atoms with E-state index in [4.69, 9.17) is 9.47 Å². The summed E-state index contributed by atoms with van der Waals surface area (Å²) in [5.74, 6) is -0.453. The first-order valence-electron chi connectivity index (χ1n) is 9.53. The van der Waals surface area contributed by atoms with Gasteiger partial charge in [-0.05, 0) is 39.8 Å². The summed E-state index contributed by atoms with van der Waals surface area (Å²) in [5, 5.41) is 0. The number of hydrogen-bond donors (Lipinski definition) is 0. The van der Waals surface area contributed by atoms with Gasteiger partial charge in [0, 0.05) is 26.2 Å². The number of ether oxygens (including phenoxy) is 2. The second-order valence-electron chi connectivity index (χ2n) is 7.90. The van der Waals surface area contributed by atoms with Gasteiger partial charge in [-0.15, -0.1) is 0 Å². The van der Waals surface area contributed by atoms with Crippen LogP contribution in [0.2, 0.25) is 0 Å². The molecule has 0 aromatic heterocycles. The molecule has 1 unspecified atom stereocenters. The van der Waals surface area contributed by atoms with E-state index >= 15 is 0 Å². The molecule has 0 aliphatic carbocycles. The second-order valence-corrected chi connectivity index (χ2v) is 7.90. The van der Waals surface area contributed by atoms with Gasteiger partial charge in [-0.1, -0.05) is 12.1 Å². The summed E-state index contributed by atoms with van der Waals surface area (Å²) in [6, 6.07) is 6.62. The number of benzene rings is 1. The van der Waals surface area contributed by atoms with Crippen molar-refractivity contribution in [3.05, 3.63) is 29.8 Å². The molecule has 1 atom stereocenters. The Kier molecular flexibility index (Phi) is 5.49. The molecule has 2 saturated heterocycles. The van der Waals surface area contributed by atoms with E-state index in [1.165, 1.54) is 0 Å². The maximum absolute atomic E-state index is 12.9. The van der Waals surface area contributed by atoms with E-state index in [0.717, 1.165) is 0 Å². The van der Waals surface area contributed by atoms with Crippen molar-refractivity contribution in [2.45, 2.75) is 39.3 Å². The Labute approximate surface area is 165 Å². The van der Waals surface area contributed by atoms with Crippen LogP contribution in [0, 0.1) is 0 Å². The Balaban J connectivity index is 1.76. The number of carbonyl (C=O) groups excluding carboxylic acids is 3. The van der Waals surface area contributed by atoms with Gasteiger partial charge in [-0.2, -0.15) is 0 Å². The zero-order valence-corrected chi connectivity index (χ0v) is 16.8. The molecule has 0 saturated carbocycles. The number of fused-ring (bicyclic) bond motifs is 1. The van der Waals surface area contributed by atoms with Gasteiger partial charge in [0.15, 0.2) is 0 Å². The number of amides is 3. The number of rotatable bonds is 3. The first-order valence-corrected chi connectivity index (χ1v) is 9.53. The van der Waals surface area contributed by atoms with Gasteiger partial charge >= 0.3 is 18.1 Å². The number of para-hydroxylation sites is 1. The molecule has 0 bridgehead atoms. The molecule has 2 fully saturated rings. The Hall–Kier alpha value is -2.77. The van der Waals surface area contributed by atoms with E-state index in [1.54, 1.807) is 45.9 Å². The van der Waals surface area contributed by atoms with Crippen molar-refractivity contribution in [1.29, 1.82) is 0 Å². The lowest BCUT2D eigenvalue weighted by atomic mass is 10.1. The summed E-state index contributed by atoms with van der Waals surface area (Å²) in [5.41, 5.74) is 0.329. The number of carbonyl (C=O) groups is 3. The molecule has 1 aromatic rings. The van der Waals surface area contributed by atoms with Crippen molar-refractivity contribution < 1.29 is 23.9 Å². The second kappa shape index (κ2) is 7.69. The van der Waals surface area contributed by atoms with Gasteiger partial charge in [0.2, 0.25) is 0 Å². The maximum atomic E-state index is 12.9. The normalized spacial score (nSPS) is 19.5. The van der Waals surface area contributed by atoms with Crippen LogP contribution in [0.1, 0.15) is 38.1 Å². The lowest BCUT2D eigenvalue weighted by Crippen LogP contribution is -2.54. The van der Waals surface area contributed by atoms with Crippen LogP contribution in [0.5, 0.6) is 0 Å². The Morgan fingerprint density at radius 3 is 2.54 bits per heavy atom. The van der Waals surface area contributed by atoms with E-state index in [0.29, 0.717) is 37.4 Å². The number of nitrogens with zero attached hydrogens (tertiary/aromatic N) is 3.